The number of nitrogens with one attached hydrogen (secondary N) is 1. The van der Waals surface area contributed by atoms with Crippen molar-refractivity contribution in [2.24, 2.45) is 11.0 Å². The number of rotatable bonds is 4. The highest BCUT2D eigenvalue weighted by Gasteiger charge is 2.63. The molecule has 0 aromatic heterocycles. The number of urea groups is 1. The number of carbonyl (C=O) groups excluding carboxylic acids is 1. The van der Waals surface area contributed by atoms with E-state index in [0.29, 0.717) is 0 Å². The number of benzene rings is 1. The Balaban J connectivity index is 2.19. The smallest absolute Gasteiger partial charge is 0.406 e. The molecule has 156 valence electrons. The van der Waals surface area contributed by atoms with Crippen molar-refractivity contribution < 1.29 is 41.0 Å². The fraction of sp³-hybridized carbons (Fsp3) is 0.500. The first-order chi connectivity index (χ1) is 12.7. The zero-order valence-corrected chi connectivity index (χ0v) is 14.7. The third-order valence-electron chi connectivity index (χ3n) is 3.67. The SMILES string of the molecule is CC(C)CC1=NN(C(=O)Nc2ccc(OC(F)(F)F)cc2)C(O)(C(F)(F)F)C1. The normalized spacial score (nSPS) is 20.4. The maximum absolute atomic E-state index is 13.3. The fourth-order valence-electron chi connectivity index (χ4n) is 2.55. The van der Waals surface area contributed by atoms with Crippen LogP contribution in [-0.4, -0.2) is 40.1 Å². The van der Waals surface area contributed by atoms with Gasteiger partial charge in [0.1, 0.15) is 5.75 Å². The summed E-state index contributed by atoms with van der Waals surface area (Å²) in [4.78, 5) is 12.3. The minimum atomic E-state index is -5.17. The number of carbonyl (C=O) groups is 1. The molecule has 28 heavy (non-hydrogen) atoms. The first-order valence-corrected chi connectivity index (χ1v) is 8.04. The van der Waals surface area contributed by atoms with Crippen molar-refractivity contribution in [3.63, 3.8) is 0 Å². The van der Waals surface area contributed by atoms with Crippen LogP contribution >= 0.6 is 0 Å². The molecule has 0 fully saturated rings. The topological polar surface area (TPSA) is 74.2 Å². The van der Waals surface area contributed by atoms with Gasteiger partial charge in [0.05, 0.1) is 0 Å². The third kappa shape index (κ3) is 5.06. The summed E-state index contributed by atoms with van der Waals surface area (Å²) in [5, 5.41) is 15.6. The van der Waals surface area contributed by atoms with Crippen LogP contribution in [0.5, 0.6) is 5.75 Å². The van der Waals surface area contributed by atoms with Crippen molar-refractivity contribution >= 4 is 17.4 Å². The molecule has 1 aliphatic rings. The van der Waals surface area contributed by atoms with E-state index in [2.05, 4.69) is 15.2 Å². The van der Waals surface area contributed by atoms with Crippen LogP contribution in [-0.2, 0) is 0 Å². The van der Waals surface area contributed by atoms with Gasteiger partial charge in [-0.2, -0.15) is 23.3 Å². The Bertz CT molecular complexity index is 745. The first-order valence-electron chi connectivity index (χ1n) is 8.04. The van der Waals surface area contributed by atoms with Gasteiger partial charge in [0.25, 0.3) is 5.72 Å². The average molecular weight is 413 g/mol. The summed E-state index contributed by atoms with van der Waals surface area (Å²) in [6, 6.07) is 2.36. The molecule has 0 bridgehead atoms. The summed E-state index contributed by atoms with van der Waals surface area (Å²) in [6.07, 6.45) is -10.8. The Labute approximate surface area is 155 Å². The Morgan fingerprint density at radius 1 is 1.25 bits per heavy atom. The molecule has 1 heterocycles. The van der Waals surface area contributed by atoms with Crippen molar-refractivity contribution in [1.29, 1.82) is 0 Å². The van der Waals surface area contributed by atoms with Crippen LogP contribution in [0.15, 0.2) is 29.4 Å². The highest BCUT2D eigenvalue weighted by atomic mass is 19.4. The molecule has 0 aliphatic carbocycles. The number of hydrogen-bond acceptors (Lipinski definition) is 4. The van der Waals surface area contributed by atoms with E-state index in [9.17, 15) is 36.2 Å². The van der Waals surface area contributed by atoms with Crippen LogP contribution in [0.1, 0.15) is 26.7 Å². The Kier molecular flexibility index (Phi) is 5.83. The van der Waals surface area contributed by atoms with E-state index in [-0.39, 0.29) is 28.7 Å². The van der Waals surface area contributed by atoms with Gasteiger partial charge in [-0.3, -0.25) is 0 Å². The molecule has 2 rings (SSSR count). The monoisotopic (exact) mass is 413 g/mol. The van der Waals surface area contributed by atoms with Crippen molar-refractivity contribution in [3.05, 3.63) is 24.3 Å². The number of hydrogen-bond donors (Lipinski definition) is 2. The van der Waals surface area contributed by atoms with Crippen molar-refractivity contribution in [2.75, 3.05) is 5.32 Å². The van der Waals surface area contributed by atoms with E-state index in [1.54, 1.807) is 13.8 Å². The van der Waals surface area contributed by atoms with Crippen molar-refractivity contribution in [1.82, 2.24) is 5.01 Å². The molecule has 0 saturated carbocycles. The summed E-state index contributed by atoms with van der Waals surface area (Å²) in [5.74, 6) is -0.629. The highest BCUT2D eigenvalue weighted by Crippen LogP contribution is 2.41. The standard InChI is InChI=1S/C16H17F6N3O3/c1-9(2)7-11-8-14(27,15(17,18)19)25(24-11)13(26)23-10-3-5-12(6-4-10)28-16(20,21)22/h3-6,9,27H,7-8H2,1-2H3,(H,23,26). The zero-order chi connectivity index (χ0) is 21.3. The molecule has 6 nitrogen and oxygen atoms in total. The second-order valence-electron chi connectivity index (χ2n) is 6.57. The van der Waals surface area contributed by atoms with Crippen LogP contribution in [0.25, 0.3) is 0 Å². The molecule has 12 heteroatoms. The quantitative estimate of drug-likeness (QED) is 0.715. The van der Waals surface area contributed by atoms with E-state index in [1.165, 1.54) is 0 Å². The summed E-state index contributed by atoms with van der Waals surface area (Å²) in [6.45, 7) is 3.48. The number of nitrogens with zero attached hydrogens (tertiary/aromatic N) is 2. The molecule has 1 aliphatic heterocycles. The second-order valence-corrected chi connectivity index (χ2v) is 6.57. The summed E-state index contributed by atoms with van der Waals surface area (Å²) >= 11 is 0. The van der Waals surface area contributed by atoms with Crippen LogP contribution in [0.4, 0.5) is 36.8 Å². The van der Waals surface area contributed by atoms with Gasteiger partial charge in [-0.25, -0.2) is 4.79 Å². The average Bonchev–Trinajstić information content (AvgIpc) is 2.84. The van der Waals surface area contributed by atoms with Crippen molar-refractivity contribution in [2.45, 2.75) is 45.0 Å². The van der Waals surface area contributed by atoms with E-state index >= 15 is 0 Å². The van der Waals surface area contributed by atoms with Gasteiger partial charge in [0.2, 0.25) is 0 Å². The largest absolute Gasteiger partial charge is 0.573 e. The summed E-state index contributed by atoms with van der Waals surface area (Å²) < 4.78 is 80.1. The molecule has 2 amide bonds. The number of ether oxygens (including phenoxy) is 1. The predicted octanol–water partition coefficient (Wildman–Crippen LogP) is 4.48. The van der Waals surface area contributed by atoms with Gasteiger partial charge in [-0.1, -0.05) is 13.8 Å². The van der Waals surface area contributed by atoms with E-state index in [0.717, 1.165) is 24.3 Å². The zero-order valence-electron chi connectivity index (χ0n) is 14.7. The van der Waals surface area contributed by atoms with E-state index < -0.39 is 36.5 Å². The third-order valence-corrected chi connectivity index (χ3v) is 3.67. The lowest BCUT2D eigenvalue weighted by Crippen LogP contribution is -2.57. The molecule has 0 spiro atoms. The maximum Gasteiger partial charge on any atom is 0.573 e. The Hall–Kier alpha value is -2.50. The number of anilines is 1. The lowest BCUT2D eigenvalue weighted by atomic mass is 9.99. The van der Waals surface area contributed by atoms with Gasteiger partial charge in [-0.15, -0.1) is 13.2 Å². The molecule has 2 N–H and O–H groups in total. The van der Waals surface area contributed by atoms with Gasteiger partial charge in [0.15, 0.2) is 0 Å². The van der Waals surface area contributed by atoms with Gasteiger partial charge in [0, 0.05) is 17.8 Å². The molecule has 1 atom stereocenters. The molecular weight excluding hydrogens is 396 g/mol. The van der Waals surface area contributed by atoms with Gasteiger partial charge in [-0.05, 0) is 36.6 Å². The van der Waals surface area contributed by atoms with Gasteiger partial charge >= 0.3 is 18.6 Å². The molecule has 0 radical (unpaired) electrons. The number of halogens is 6. The van der Waals surface area contributed by atoms with Crippen LogP contribution in [0.2, 0.25) is 0 Å². The summed E-state index contributed by atoms with van der Waals surface area (Å²) in [7, 11) is 0. The number of aliphatic hydroxyl groups is 1. The maximum atomic E-state index is 13.3. The van der Waals surface area contributed by atoms with Crippen LogP contribution < -0.4 is 10.1 Å². The molecule has 1 aromatic carbocycles. The minimum Gasteiger partial charge on any atom is -0.406 e. The first kappa shape index (κ1) is 21.8. The molecule has 0 saturated heterocycles. The van der Waals surface area contributed by atoms with E-state index in [1.807, 2.05) is 0 Å². The number of alkyl halides is 6. The fourth-order valence-corrected chi connectivity index (χ4v) is 2.55. The van der Waals surface area contributed by atoms with E-state index in [4.69, 9.17) is 0 Å². The van der Waals surface area contributed by atoms with Gasteiger partial charge < -0.3 is 15.2 Å². The second kappa shape index (κ2) is 7.49. The Morgan fingerprint density at radius 2 is 1.82 bits per heavy atom. The highest BCUT2D eigenvalue weighted by molar-refractivity contribution is 5.95. The Morgan fingerprint density at radius 3 is 2.29 bits per heavy atom. The number of hydrazone groups is 1. The predicted molar refractivity (Wildman–Crippen MR) is 86.5 cm³/mol. The van der Waals surface area contributed by atoms with Crippen LogP contribution in [0.3, 0.4) is 0 Å². The molecule has 1 aromatic rings. The summed E-state index contributed by atoms with van der Waals surface area (Å²) in [5.41, 5.74) is -3.63. The minimum absolute atomic E-state index is 0.00102. The van der Waals surface area contributed by atoms with Crippen molar-refractivity contribution in [3.8, 4) is 5.75 Å². The lowest BCUT2D eigenvalue weighted by Gasteiger charge is -2.32. The lowest BCUT2D eigenvalue weighted by molar-refractivity contribution is -0.296. The number of amides is 2. The van der Waals surface area contributed by atoms with Crippen LogP contribution in [0, 0.1) is 5.92 Å². The molecule has 1 unspecified atom stereocenters. The molecular formula is C16H17F6N3O3.